The lowest BCUT2D eigenvalue weighted by Gasteiger charge is -2.13. The molecule has 0 aliphatic carbocycles. The number of aliphatic imine (C=N–C) groups is 1. The summed E-state index contributed by atoms with van der Waals surface area (Å²) in [5.41, 5.74) is 3.87. The molecule has 7 heteroatoms. The van der Waals surface area contributed by atoms with E-state index in [2.05, 4.69) is 61.2 Å². The van der Waals surface area contributed by atoms with Crippen LogP contribution >= 0.6 is 43.6 Å². The molecule has 3 aromatic carbocycles. The summed E-state index contributed by atoms with van der Waals surface area (Å²) in [5.74, 6) is 0.499. The summed E-state index contributed by atoms with van der Waals surface area (Å²) in [6.45, 7) is 2.48. The average Bonchev–Trinajstić information content (AvgIpc) is 3.08. The van der Waals surface area contributed by atoms with Gasteiger partial charge >= 0.3 is 0 Å². The first-order valence-electron chi connectivity index (χ1n) is 9.50. The van der Waals surface area contributed by atoms with Gasteiger partial charge in [0.15, 0.2) is 5.17 Å². The normalized spacial score (nSPS) is 16.0. The SMILES string of the molecule is Cc1ccc(COc2c(Br)cc(Br)cc2/C=C2\SC(=Nc3ccccc3)NC2=O)cc1. The van der Waals surface area contributed by atoms with Gasteiger partial charge in [-0.25, -0.2) is 4.99 Å². The lowest BCUT2D eigenvalue weighted by molar-refractivity contribution is -0.115. The fourth-order valence-electron chi connectivity index (χ4n) is 2.92. The molecular formula is C24H18Br2N2O2S. The summed E-state index contributed by atoms with van der Waals surface area (Å²) in [5, 5.41) is 3.38. The molecule has 0 unspecified atom stereocenters. The molecule has 1 fully saturated rings. The number of benzene rings is 3. The van der Waals surface area contributed by atoms with Gasteiger partial charge in [-0.15, -0.1) is 0 Å². The van der Waals surface area contributed by atoms with Gasteiger partial charge in [0.05, 0.1) is 15.1 Å². The number of nitrogens with zero attached hydrogens (tertiary/aromatic N) is 1. The molecule has 0 bridgehead atoms. The summed E-state index contributed by atoms with van der Waals surface area (Å²) in [6, 6.07) is 21.6. The van der Waals surface area contributed by atoms with Crippen LogP contribution in [-0.4, -0.2) is 11.1 Å². The van der Waals surface area contributed by atoms with E-state index in [1.54, 1.807) is 0 Å². The zero-order valence-corrected chi connectivity index (χ0v) is 20.6. The van der Waals surface area contributed by atoms with Crippen LogP contribution in [-0.2, 0) is 11.4 Å². The van der Waals surface area contributed by atoms with Crippen LogP contribution in [0, 0.1) is 6.92 Å². The Bertz CT molecular complexity index is 1180. The van der Waals surface area contributed by atoms with Crippen molar-refractivity contribution in [2.24, 2.45) is 4.99 Å². The molecule has 4 rings (SSSR count). The van der Waals surface area contributed by atoms with Crippen molar-refractivity contribution < 1.29 is 9.53 Å². The van der Waals surface area contributed by atoms with Crippen LogP contribution in [0.25, 0.3) is 6.08 Å². The van der Waals surface area contributed by atoms with Gasteiger partial charge in [0.25, 0.3) is 5.91 Å². The molecule has 1 aliphatic rings. The largest absolute Gasteiger partial charge is 0.487 e. The fourth-order valence-corrected chi connectivity index (χ4v) is 5.13. The average molecular weight is 558 g/mol. The molecule has 0 aromatic heterocycles. The molecule has 1 amide bonds. The Morgan fingerprint density at radius 3 is 2.55 bits per heavy atom. The minimum atomic E-state index is -0.180. The van der Waals surface area contributed by atoms with Gasteiger partial charge in [-0.3, -0.25) is 4.79 Å². The minimum Gasteiger partial charge on any atom is -0.487 e. The van der Waals surface area contributed by atoms with Gasteiger partial charge in [0.2, 0.25) is 0 Å². The van der Waals surface area contributed by atoms with Gasteiger partial charge in [-0.05, 0) is 70.5 Å². The number of carbonyl (C=O) groups excluding carboxylic acids is 1. The van der Waals surface area contributed by atoms with Gasteiger partial charge < -0.3 is 10.1 Å². The van der Waals surface area contributed by atoms with Gasteiger partial charge in [-0.1, -0.05) is 64.0 Å². The number of aryl methyl sites for hydroxylation is 1. The van der Waals surface area contributed by atoms with Crippen molar-refractivity contribution in [1.29, 1.82) is 0 Å². The molecule has 1 N–H and O–H groups in total. The maximum absolute atomic E-state index is 12.5. The zero-order chi connectivity index (χ0) is 21.8. The Kier molecular flexibility index (Phi) is 6.95. The molecule has 3 aromatic rings. The maximum atomic E-state index is 12.5. The molecule has 0 spiro atoms. The number of rotatable bonds is 5. The van der Waals surface area contributed by atoms with Crippen LogP contribution in [0.15, 0.2) is 85.6 Å². The summed E-state index contributed by atoms with van der Waals surface area (Å²) >= 11 is 8.42. The highest BCUT2D eigenvalue weighted by atomic mass is 79.9. The molecule has 31 heavy (non-hydrogen) atoms. The van der Waals surface area contributed by atoms with Crippen LogP contribution in [0.1, 0.15) is 16.7 Å². The summed E-state index contributed by atoms with van der Waals surface area (Å²) in [6.07, 6.45) is 1.83. The predicted molar refractivity (Wildman–Crippen MR) is 135 cm³/mol. The number of amides is 1. The first kappa shape index (κ1) is 21.9. The third-order valence-electron chi connectivity index (χ3n) is 4.47. The number of nitrogens with one attached hydrogen (secondary N) is 1. The van der Waals surface area contributed by atoms with Crippen molar-refractivity contribution >= 4 is 66.5 Å². The Morgan fingerprint density at radius 1 is 1.06 bits per heavy atom. The first-order valence-corrected chi connectivity index (χ1v) is 11.9. The van der Waals surface area contributed by atoms with Gasteiger partial charge in [0, 0.05) is 10.0 Å². The highest BCUT2D eigenvalue weighted by molar-refractivity contribution is 9.11. The molecule has 0 saturated carbocycles. The van der Waals surface area contributed by atoms with E-state index < -0.39 is 0 Å². The Hall–Kier alpha value is -2.35. The number of carbonyl (C=O) groups is 1. The van der Waals surface area contributed by atoms with E-state index in [1.165, 1.54) is 17.3 Å². The van der Waals surface area contributed by atoms with E-state index in [4.69, 9.17) is 4.74 Å². The molecule has 0 atom stereocenters. The third-order valence-corrected chi connectivity index (χ3v) is 6.42. The topological polar surface area (TPSA) is 50.7 Å². The third kappa shape index (κ3) is 5.67. The number of para-hydroxylation sites is 1. The van der Waals surface area contributed by atoms with Crippen molar-refractivity contribution in [3.63, 3.8) is 0 Å². The van der Waals surface area contributed by atoms with Crippen molar-refractivity contribution in [2.75, 3.05) is 0 Å². The van der Waals surface area contributed by atoms with Crippen molar-refractivity contribution in [2.45, 2.75) is 13.5 Å². The Morgan fingerprint density at radius 2 is 1.81 bits per heavy atom. The lowest BCUT2D eigenvalue weighted by atomic mass is 10.1. The van der Waals surface area contributed by atoms with Gasteiger partial charge in [-0.2, -0.15) is 0 Å². The molecule has 4 nitrogen and oxygen atoms in total. The van der Waals surface area contributed by atoms with Crippen LogP contribution < -0.4 is 10.1 Å². The Labute approximate surface area is 202 Å². The molecule has 156 valence electrons. The smallest absolute Gasteiger partial charge is 0.264 e. The first-order chi connectivity index (χ1) is 15.0. The highest BCUT2D eigenvalue weighted by Gasteiger charge is 2.24. The monoisotopic (exact) mass is 556 g/mol. The van der Waals surface area contributed by atoms with Crippen LogP contribution in [0.5, 0.6) is 5.75 Å². The zero-order valence-electron chi connectivity index (χ0n) is 16.6. The standard InChI is InChI=1S/C24H18Br2N2O2S/c1-15-7-9-16(10-8-15)14-30-22-17(11-18(25)13-20(22)26)12-21-23(29)28-24(31-21)27-19-5-3-2-4-6-19/h2-13H,14H2,1H3,(H,27,28,29)/b21-12-. The van der Waals surface area contributed by atoms with E-state index in [-0.39, 0.29) is 5.91 Å². The number of amidine groups is 1. The van der Waals surface area contributed by atoms with Crippen LogP contribution in [0.4, 0.5) is 5.69 Å². The summed E-state index contributed by atoms with van der Waals surface area (Å²) in [4.78, 5) is 17.6. The van der Waals surface area contributed by atoms with E-state index >= 15 is 0 Å². The minimum absolute atomic E-state index is 0.180. The number of ether oxygens (including phenoxy) is 1. The van der Waals surface area contributed by atoms with Crippen molar-refractivity contribution in [3.8, 4) is 5.75 Å². The predicted octanol–water partition coefficient (Wildman–Crippen LogP) is 6.99. The highest BCUT2D eigenvalue weighted by Crippen LogP contribution is 2.37. The van der Waals surface area contributed by atoms with Crippen LogP contribution in [0.3, 0.4) is 0 Å². The van der Waals surface area contributed by atoms with E-state index in [9.17, 15) is 4.79 Å². The summed E-state index contributed by atoms with van der Waals surface area (Å²) < 4.78 is 7.83. The lowest BCUT2D eigenvalue weighted by Crippen LogP contribution is -2.19. The fraction of sp³-hybridized carbons (Fsp3) is 0.0833. The van der Waals surface area contributed by atoms with Crippen molar-refractivity contribution in [3.05, 3.63) is 97.3 Å². The molecule has 1 aliphatic heterocycles. The second-order valence-corrected chi connectivity index (χ2v) is 9.70. The molecule has 0 radical (unpaired) electrons. The van der Waals surface area contributed by atoms with Crippen molar-refractivity contribution in [1.82, 2.24) is 5.32 Å². The van der Waals surface area contributed by atoms with Gasteiger partial charge in [0.1, 0.15) is 12.4 Å². The van der Waals surface area contributed by atoms with E-state index in [0.717, 1.165) is 25.8 Å². The van der Waals surface area contributed by atoms with Crippen LogP contribution in [0.2, 0.25) is 0 Å². The van der Waals surface area contributed by atoms with E-state index in [0.29, 0.717) is 22.4 Å². The summed E-state index contributed by atoms with van der Waals surface area (Å²) in [7, 11) is 0. The maximum Gasteiger partial charge on any atom is 0.264 e. The number of hydrogen-bond acceptors (Lipinski definition) is 4. The second-order valence-electron chi connectivity index (χ2n) is 6.90. The number of hydrogen-bond donors (Lipinski definition) is 1. The van der Waals surface area contributed by atoms with E-state index in [1.807, 2.05) is 60.7 Å². The molecular weight excluding hydrogens is 540 g/mol. The number of halogens is 2. The second kappa shape index (κ2) is 9.85. The number of thioether (sulfide) groups is 1. The molecule has 1 heterocycles. The molecule has 1 saturated heterocycles. The quantitative estimate of drug-likeness (QED) is 0.344. The Balaban J connectivity index is 1.60.